The molecule has 0 bridgehead atoms. The fourth-order valence-electron chi connectivity index (χ4n) is 1.82. The zero-order valence-electron chi connectivity index (χ0n) is 12.2. The molecule has 0 amide bonds. The van der Waals surface area contributed by atoms with E-state index in [0.717, 1.165) is 19.2 Å². The van der Waals surface area contributed by atoms with Crippen molar-refractivity contribution < 1.29 is 22.3 Å². The molecule has 24 heavy (non-hydrogen) atoms. The van der Waals surface area contributed by atoms with Gasteiger partial charge in [-0.25, -0.2) is 17.6 Å². The van der Waals surface area contributed by atoms with Gasteiger partial charge in [-0.15, -0.1) is 0 Å². The van der Waals surface area contributed by atoms with Crippen LogP contribution in [0.15, 0.2) is 45.8 Å². The Morgan fingerprint density at radius 3 is 2.46 bits per heavy atom. The highest BCUT2D eigenvalue weighted by molar-refractivity contribution is 9.10. The molecule has 0 saturated heterocycles. The summed E-state index contributed by atoms with van der Waals surface area (Å²) in [6.07, 6.45) is 0. The second-order valence-corrected chi connectivity index (χ2v) is 7.05. The van der Waals surface area contributed by atoms with Crippen LogP contribution < -0.4 is 4.72 Å². The van der Waals surface area contributed by atoms with Gasteiger partial charge in [-0.3, -0.25) is 4.72 Å². The minimum Gasteiger partial charge on any atom is -0.465 e. The average Bonchev–Trinajstić information content (AvgIpc) is 2.54. The number of benzene rings is 2. The Morgan fingerprint density at radius 2 is 1.92 bits per heavy atom. The number of ether oxygens (including phenoxy) is 1. The lowest BCUT2D eigenvalue weighted by Gasteiger charge is -2.11. The quantitative estimate of drug-likeness (QED) is 0.778. The largest absolute Gasteiger partial charge is 0.465 e. The van der Waals surface area contributed by atoms with Crippen LogP contribution in [0.4, 0.5) is 10.1 Å². The Balaban J connectivity index is 2.44. The maximum absolute atomic E-state index is 14.1. The maximum Gasteiger partial charge on any atom is 0.339 e. The minimum absolute atomic E-state index is 0.0733. The third-order valence-electron chi connectivity index (χ3n) is 2.98. The monoisotopic (exact) mass is 412 g/mol. The first-order valence-electron chi connectivity index (χ1n) is 6.39. The lowest BCUT2D eigenvalue weighted by atomic mass is 10.2. The van der Waals surface area contributed by atoms with E-state index in [-0.39, 0.29) is 15.7 Å². The van der Waals surface area contributed by atoms with Crippen molar-refractivity contribution in [1.29, 1.82) is 5.26 Å². The van der Waals surface area contributed by atoms with Crippen LogP contribution in [0, 0.1) is 17.1 Å². The Labute approximate surface area is 146 Å². The van der Waals surface area contributed by atoms with Crippen molar-refractivity contribution in [2.75, 3.05) is 11.8 Å². The van der Waals surface area contributed by atoms with Gasteiger partial charge in [-0.1, -0.05) is 0 Å². The maximum atomic E-state index is 14.1. The van der Waals surface area contributed by atoms with Gasteiger partial charge in [-0.05, 0) is 52.3 Å². The summed E-state index contributed by atoms with van der Waals surface area (Å²) in [7, 11) is -3.15. The second-order valence-electron chi connectivity index (χ2n) is 4.55. The van der Waals surface area contributed by atoms with Gasteiger partial charge < -0.3 is 4.74 Å². The van der Waals surface area contributed by atoms with E-state index in [0.29, 0.717) is 5.56 Å². The number of nitrogens with one attached hydrogen (secondary N) is 1. The van der Waals surface area contributed by atoms with E-state index in [1.807, 2.05) is 6.07 Å². The summed E-state index contributed by atoms with van der Waals surface area (Å²) in [5, 5.41) is 8.72. The lowest BCUT2D eigenvalue weighted by Crippen LogP contribution is -2.16. The molecule has 124 valence electrons. The van der Waals surface area contributed by atoms with E-state index in [1.54, 1.807) is 0 Å². The van der Waals surface area contributed by atoms with Crippen LogP contribution in [0.1, 0.15) is 15.9 Å². The number of sulfonamides is 1. The molecular formula is C15H10BrFN2O4S. The topological polar surface area (TPSA) is 96.3 Å². The Kier molecular flexibility index (Phi) is 5.21. The number of carbonyl (C=O) groups excluding carboxylic acids is 1. The molecule has 2 aromatic carbocycles. The molecule has 2 aromatic rings. The second kappa shape index (κ2) is 6.98. The van der Waals surface area contributed by atoms with E-state index >= 15 is 0 Å². The molecule has 0 aliphatic carbocycles. The average molecular weight is 413 g/mol. The van der Waals surface area contributed by atoms with Crippen molar-refractivity contribution >= 4 is 37.6 Å². The van der Waals surface area contributed by atoms with Gasteiger partial charge in [0.2, 0.25) is 0 Å². The van der Waals surface area contributed by atoms with Crippen molar-refractivity contribution in [2.24, 2.45) is 0 Å². The SMILES string of the molecule is COC(=O)c1cc(S(=O)(=O)Nc2ccc(C#N)cc2)c(F)cc1Br. The molecule has 2 rings (SSSR count). The standard InChI is InChI=1S/C15H10BrFN2O4S/c1-23-15(20)11-6-14(13(17)7-12(11)16)24(21,22)19-10-4-2-9(8-18)3-5-10/h2-7,19H,1H3. The van der Waals surface area contributed by atoms with Crippen LogP contribution in [-0.2, 0) is 14.8 Å². The molecule has 9 heteroatoms. The summed E-state index contributed by atoms with van der Waals surface area (Å²) in [5.41, 5.74) is 0.371. The van der Waals surface area contributed by atoms with Crippen molar-refractivity contribution in [2.45, 2.75) is 4.90 Å². The summed E-state index contributed by atoms with van der Waals surface area (Å²) in [6.45, 7) is 0. The molecule has 0 aliphatic heterocycles. The summed E-state index contributed by atoms with van der Waals surface area (Å²) < 4.78 is 45.6. The molecule has 0 aliphatic rings. The van der Waals surface area contributed by atoms with Gasteiger partial charge in [0.05, 0.1) is 24.3 Å². The van der Waals surface area contributed by atoms with Crippen molar-refractivity contribution in [3.05, 3.63) is 57.8 Å². The number of hydrogen-bond acceptors (Lipinski definition) is 5. The summed E-state index contributed by atoms with van der Waals surface area (Å²) >= 11 is 2.99. The number of nitriles is 1. The third-order valence-corrected chi connectivity index (χ3v) is 5.04. The third kappa shape index (κ3) is 3.72. The number of nitrogens with zero attached hydrogens (tertiary/aromatic N) is 1. The van der Waals surface area contributed by atoms with E-state index in [2.05, 4.69) is 25.4 Å². The normalized spacial score (nSPS) is 10.8. The van der Waals surface area contributed by atoms with Crippen LogP contribution >= 0.6 is 15.9 Å². The molecule has 0 fully saturated rings. The van der Waals surface area contributed by atoms with Crippen molar-refractivity contribution in [3.8, 4) is 6.07 Å². The first-order valence-corrected chi connectivity index (χ1v) is 8.66. The molecule has 0 aromatic heterocycles. The molecule has 0 saturated carbocycles. The molecule has 0 radical (unpaired) electrons. The van der Waals surface area contributed by atoms with Crippen LogP contribution in [-0.4, -0.2) is 21.5 Å². The lowest BCUT2D eigenvalue weighted by molar-refractivity contribution is 0.0599. The van der Waals surface area contributed by atoms with E-state index in [9.17, 15) is 17.6 Å². The minimum atomic E-state index is -4.28. The number of rotatable bonds is 4. The molecule has 6 nitrogen and oxygen atoms in total. The molecule has 0 heterocycles. The van der Waals surface area contributed by atoms with Crippen molar-refractivity contribution in [1.82, 2.24) is 0 Å². The molecule has 0 unspecified atom stereocenters. The van der Waals surface area contributed by atoms with Gasteiger partial charge in [0.25, 0.3) is 10.0 Å². The fourth-order valence-corrected chi connectivity index (χ4v) is 3.45. The predicted molar refractivity (Wildman–Crippen MR) is 87.4 cm³/mol. The van der Waals surface area contributed by atoms with Gasteiger partial charge in [0, 0.05) is 10.2 Å². The van der Waals surface area contributed by atoms with Gasteiger partial charge >= 0.3 is 5.97 Å². The van der Waals surface area contributed by atoms with E-state index in [4.69, 9.17) is 5.26 Å². The number of esters is 1. The Morgan fingerprint density at radius 1 is 1.29 bits per heavy atom. The first kappa shape index (κ1) is 17.9. The predicted octanol–water partition coefficient (Wildman–Crippen LogP) is 3.05. The first-order chi connectivity index (χ1) is 11.3. The Bertz CT molecular complexity index is 937. The summed E-state index contributed by atoms with van der Waals surface area (Å²) in [4.78, 5) is 10.9. The molecule has 0 atom stereocenters. The number of anilines is 1. The van der Waals surface area contributed by atoms with E-state index < -0.39 is 26.7 Å². The van der Waals surface area contributed by atoms with Crippen LogP contribution in [0.5, 0.6) is 0 Å². The number of methoxy groups -OCH3 is 1. The van der Waals surface area contributed by atoms with Crippen LogP contribution in [0.25, 0.3) is 0 Å². The molecular weight excluding hydrogens is 403 g/mol. The number of hydrogen-bond donors (Lipinski definition) is 1. The highest BCUT2D eigenvalue weighted by atomic mass is 79.9. The molecule has 1 N–H and O–H groups in total. The fraction of sp³-hybridized carbons (Fsp3) is 0.0667. The zero-order valence-corrected chi connectivity index (χ0v) is 14.6. The molecule has 0 spiro atoms. The van der Waals surface area contributed by atoms with Crippen molar-refractivity contribution in [3.63, 3.8) is 0 Å². The summed E-state index contributed by atoms with van der Waals surface area (Å²) in [6, 6.07) is 9.22. The smallest absolute Gasteiger partial charge is 0.339 e. The van der Waals surface area contributed by atoms with Gasteiger partial charge in [-0.2, -0.15) is 5.26 Å². The van der Waals surface area contributed by atoms with Gasteiger partial charge in [0.1, 0.15) is 10.7 Å². The number of carbonyl (C=O) groups is 1. The Hall–Kier alpha value is -2.44. The van der Waals surface area contributed by atoms with Gasteiger partial charge in [0.15, 0.2) is 0 Å². The van der Waals surface area contributed by atoms with Crippen LogP contribution in [0.3, 0.4) is 0 Å². The van der Waals surface area contributed by atoms with Crippen LogP contribution in [0.2, 0.25) is 0 Å². The number of halogens is 2. The van der Waals surface area contributed by atoms with E-state index in [1.165, 1.54) is 24.3 Å². The highest BCUT2D eigenvalue weighted by Crippen LogP contribution is 2.26. The summed E-state index contributed by atoms with van der Waals surface area (Å²) in [5.74, 6) is -1.84. The highest BCUT2D eigenvalue weighted by Gasteiger charge is 2.24. The zero-order chi connectivity index (χ0) is 17.9.